The summed E-state index contributed by atoms with van der Waals surface area (Å²) in [5.74, 6) is 0.0630. The average molecular weight is 383 g/mol. The number of amides is 3. The molecule has 8 nitrogen and oxygen atoms in total. The van der Waals surface area contributed by atoms with Crippen LogP contribution >= 0.6 is 0 Å². The summed E-state index contributed by atoms with van der Waals surface area (Å²) in [6.07, 6.45) is 0. The highest BCUT2D eigenvalue weighted by molar-refractivity contribution is 6.10. The second-order valence-electron chi connectivity index (χ2n) is 6.48. The van der Waals surface area contributed by atoms with E-state index in [4.69, 9.17) is 4.74 Å². The van der Waals surface area contributed by atoms with E-state index in [1.807, 2.05) is 0 Å². The number of benzene rings is 2. The number of hydrogen-bond acceptors (Lipinski definition) is 4. The van der Waals surface area contributed by atoms with Crippen LogP contribution in [0.2, 0.25) is 0 Å². The van der Waals surface area contributed by atoms with E-state index in [0.717, 1.165) is 4.90 Å². The molecule has 1 unspecified atom stereocenters. The molecule has 0 aromatic heterocycles. The molecular formula is C20H23N4O4+. The van der Waals surface area contributed by atoms with E-state index in [2.05, 4.69) is 16.0 Å². The zero-order chi connectivity index (χ0) is 19.9. The molecule has 1 saturated heterocycles. The first-order chi connectivity index (χ1) is 13.5. The van der Waals surface area contributed by atoms with Crippen LogP contribution in [0.1, 0.15) is 10.4 Å². The number of ether oxygens (including phenoxy) is 1. The fourth-order valence-electron chi connectivity index (χ4n) is 2.99. The smallest absolute Gasteiger partial charge is 0.279 e. The topological polar surface area (TPSA) is 101 Å². The van der Waals surface area contributed by atoms with E-state index in [0.29, 0.717) is 35.8 Å². The Hall–Kier alpha value is -3.39. The molecule has 0 bridgehead atoms. The highest BCUT2D eigenvalue weighted by atomic mass is 16.5. The van der Waals surface area contributed by atoms with E-state index >= 15 is 0 Å². The number of piperazine rings is 1. The number of para-hydroxylation sites is 1. The monoisotopic (exact) mass is 383 g/mol. The summed E-state index contributed by atoms with van der Waals surface area (Å²) in [4.78, 5) is 37.4. The molecule has 0 radical (unpaired) electrons. The van der Waals surface area contributed by atoms with Crippen LogP contribution in [0.5, 0.6) is 5.75 Å². The number of methoxy groups -OCH3 is 1. The molecule has 0 aliphatic carbocycles. The molecule has 1 atom stereocenters. The summed E-state index contributed by atoms with van der Waals surface area (Å²) < 4.78 is 5.10. The summed E-state index contributed by atoms with van der Waals surface area (Å²) in [5, 5.41) is 8.33. The van der Waals surface area contributed by atoms with Crippen molar-refractivity contribution in [3.8, 4) is 5.75 Å². The minimum Gasteiger partial charge on any atom is -0.497 e. The highest BCUT2D eigenvalue weighted by Crippen LogP contribution is 2.19. The van der Waals surface area contributed by atoms with E-state index in [1.165, 1.54) is 0 Å². The van der Waals surface area contributed by atoms with Gasteiger partial charge in [0.2, 0.25) is 0 Å². The van der Waals surface area contributed by atoms with E-state index in [9.17, 15) is 14.4 Å². The molecule has 28 heavy (non-hydrogen) atoms. The SMILES string of the molecule is COc1ccc(NC(=O)c2ccccc2NC(=O)C[NH+]2CCNC(=O)C2)cc1. The number of quaternary nitrogens is 1. The molecule has 1 aliphatic heterocycles. The van der Waals surface area contributed by atoms with Crippen molar-refractivity contribution >= 4 is 29.1 Å². The van der Waals surface area contributed by atoms with Gasteiger partial charge in [-0.15, -0.1) is 0 Å². The number of nitrogens with one attached hydrogen (secondary N) is 4. The van der Waals surface area contributed by atoms with Crippen LogP contribution in [0, 0.1) is 0 Å². The second kappa shape index (κ2) is 9.01. The summed E-state index contributed by atoms with van der Waals surface area (Å²) >= 11 is 0. The number of hydrogen-bond donors (Lipinski definition) is 4. The summed E-state index contributed by atoms with van der Waals surface area (Å²) in [6.45, 7) is 1.69. The number of rotatable bonds is 6. The summed E-state index contributed by atoms with van der Waals surface area (Å²) in [5.41, 5.74) is 1.41. The molecule has 3 amide bonds. The fourth-order valence-corrected chi connectivity index (χ4v) is 2.99. The molecule has 1 heterocycles. The van der Waals surface area contributed by atoms with Gasteiger partial charge in [0.25, 0.3) is 17.7 Å². The second-order valence-corrected chi connectivity index (χ2v) is 6.48. The van der Waals surface area contributed by atoms with Crippen LogP contribution in [0.25, 0.3) is 0 Å². The van der Waals surface area contributed by atoms with E-state index in [-0.39, 0.29) is 30.8 Å². The van der Waals surface area contributed by atoms with Crippen LogP contribution in [-0.4, -0.2) is 51.0 Å². The molecule has 2 aromatic rings. The average Bonchev–Trinajstić information content (AvgIpc) is 2.69. The number of carbonyl (C=O) groups is 3. The van der Waals surface area contributed by atoms with Crippen molar-refractivity contribution in [1.29, 1.82) is 0 Å². The van der Waals surface area contributed by atoms with Crippen molar-refractivity contribution < 1.29 is 24.0 Å². The first-order valence-electron chi connectivity index (χ1n) is 8.99. The van der Waals surface area contributed by atoms with Crippen LogP contribution in [-0.2, 0) is 9.59 Å². The van der Waals surface area contributed by atoms with E-state index < -0.39 is 0 Å². The van der Waals surface area contributed by atoms with Gasteiger partial charge in [-0.25, -0.2) is 0 Å². The quantitative estimate of drug-likeness (QED) is 0.560. The highest BCUT2D eigenvalue weighted by Gasteiger charge is 2.23. The lowest BCUT2D eigenvalue weighted by atomic mass is 10.1. The van der Waals surface area contributed by atoms with Gasteiger partial charge in [0.1, 0.15) is 5.75 Å². The van der Waals surface area contributed by atoms with E-state index in [1.54, 1.807) is 55.6 Å². The Balaban J connectivity index is 1.65. The van der Waals surface area contributed by atoms with Crippen molar-refractivity contribution in [2.75, 3.05) is 43.9 Å². The van der Waals surface area contributed by atoms with Gasteiger partial charge in [-0.3, -0.25) is 14.4 Å². The molecule has 0 spiro atoms. The molecule has 3 rings (SSSR count). The van der Waals surface area contributed by atoms with Crippen LogP contribution < -0.4 is 25.6 Å². The maximum Gasteiger partial charge on any atom is 0.279 e. The maximum absolute atomic E-state index is 12.7. The first kappa shape index (κ1) is 19.4. The normalized spacial score (nSPS) is 16.0. The lowest BCUT2D eigenvalue weighted by molar-refractivity contribution is -0.885. The standard InChI is InChI=1S/C20H22N4O4/c1-28-15-8-6-14(7-9-15)22-20(27)16-4-2-3-5-17(16)23-19(26)13-24-11-10-21-18(25)12-24/h2-9H,10-13H2,1H3,(H,21,25)(H,22,27)(H,23,26)/p+1. The molecule has 4 N–H and O–H groups in total. The van der Waals surface area contributed by atoms with Crippen molar-refractivity contribution in [3.05, 3.63) is 54.1 Å². The van der Waals surface area contributed by atoms with Gasteiger partial charge in [0.15, 0.2) is 13.1 Å². The Morgan fingerprint density at radius 2 is 1.86 bits per heavy atom. The zero-order valence-electron chi connectivity index (χ0n) is 15.6. The van der Waals surface area contributed by atoms with Crippen molar-refractivity contribution in [1.82, 2.24) is 5.32 Å². The van der Waals surface area contributed by atoms with Crippen molar-refractivity contribution in [2.45, 2.75) is 0 Å². The summed E-state index contributed by atoms with van der Waals surface area (Å²) in [6, 6.07) is 13.8. The minimum absolute atomic E-state index is 0.0617. The van der Waals surface area contributed by atoms with Gasteiger partial charge in [-0.2, -0.15) is 0 Å². The van der Waals surface area contributed by atoms with Gasteiger partial charge in [-0.05, 0) is 36.4 Å². The Morgan fingerprint density at radius 1 is 1.11 bits per heavy atom. The molecule has 146 valence electrons. The summed E-state index contributed by atoms with van der Waals surface area (Å²) in [7, 11) is 1.57. The maximum atomic E-state index is 12.7. The lowest BCUT2D eigenvalue weighted by Gasteiger charge is -2.23. The molecule has 8 heteroatoms. The van der Waals surface area contributed by atoms with Crippen molar-refractivity contribution in [3.63, 3.8) is 0 Å². The van der Waals surface area contributed by atoms with Gasteiger partial charge in [0, 0.05) is 5.69 Å². The largest absolute Gasteiger partial charge is 0.497 e. The van der Waals surface area contributed by atoms with Crippen LogP contribution in [0.4, 0.5) is 11.4 Å². The van der Waals surface area contributed by atoms with Crippen LogP contribution in [0.3, 0.4) is 0 Å². The molecule has 1 aliphatic rings. The molecule has 2 aromatic carbocycles. The predicted octanol–water partition coefficient (Wildman–Crippen LogP) is -0.0993. The zero-order valence-corrected chi connectivity index (χ0v) is 15.6. The molecular weight excluding hydrogens is 360 g/mol. The Kier molecular flexibility index (Phi) is 6.23. The third-order valence-electron chi connectivity index (χ3n) is 4.42. The minimum atomic E-state index is -0.328. The molecule has 1 fully saturated rings. The third kappa shape index (κ3) is 5.08. The van der Waals surface area contributed by atoms with Crippen LogP contribution in [0.15, 0.2) is 48.5 Å². The number of carbonyl (C=O) groups excluding carboxylic acids is 3. The first-order valence-corrected chi connectivity index (χ1v) is 8.99. The Bertz CT molecular complexity index is 867. The Morgan fingerprint density at radius 3 is 2.57 bits per heavy atom. The molecule has 0 saturated carbocycles. The van der Waals surface area contributed by atoms with Gasteiger partial charge < -0.3 is 25.6 Å². The van der Waals surface area contributed by atoms with Gasteiger partial charge in [0.05, 0.1) is 31.5 Å². The fraction of sp³-hybridized carbons (Fsp3) is 0.250. The Labute approximate surface area is 162 Å². The van der Waals surface area contributed by atoms with Crippen molar-refractivity contribution in [2.24, 2.45) is 0 Å². The predicted molar refractivity (Wildman–Crippen MR) is 105 cm³/mol. The third-order valence-corrected chi connectivity index (χ3v) is 4.42. The van der Waals surface area contributed by atoms with Gasteiger partial charge >= 0.3 is 0 Å². The number of anilines is 2. The van der Waals surface area contributed by atoms with Gasteiger partial charge in [-0.1, -0.05) is 12.1 Å². The lowest BCUT2D eigenvalue weighted by Crippen LogP contribution is -3.16.